The van der Waals surface area contributed by atoms with Crippen LogP contribution in [-0.2, 0) is 3.17 Å². The molecule has 7 N–H and O–H groups in total. The molecule has 0 bridgehead atoms. The van der Waals surface area contributed by atoms with E-state index >= 15 is 0 Å². The van der Waals surface area contributed by atoms with E-state index in [1.807, 2.05) is 0 Å². The van der Waals surface area contributed by atoms with Gasteiger partial charge < -0.3 is 6.87 Å². The van der Waals surface area contributed by atoms with Crippen molar-refractivity contribution >= 4 is 5.96 Å². The van der Waals surface area contributed by atoms with Crippen LogP contribution in [-0.4, -0.2) is 16.2 Å². The van der Waals surface area contributed by atoms with Gasteiger partial charge in [-0.2, -0.15) is 0 Å². The lowest BCUT2D eigenvalue weighted by molar-refractivity contribution is -1.64. The third kappa shape index (κ3) is 4.25. The monoisotopic (exact) mass is 278 g/mol. The van der Waals surface area contributed by atoms with E-state index in [1.54, 1.807) is 0 Å². The molecule has 0 aliphatic heterocycles. The zero-order chi connectivity index (χ0) is 9.02. The van der Waals surface area contributed by atoms with Gasteiger partial charge in [-0.05, 0) is 0 Å². The van der Waals surface area contributed by atoms with Crippen molar-refractivity contribution in [3.8, 4) is 0 Å². The Morgan fingerprint density at radius 2 is 1.82 bits per heavy atom. The first-order chi connectivity index (χ1) is 4.95. The summed E-state index contributed by atoms with van der Waals surface area (Å²) in [5.41, 5.74) is 0. The van der Waals surface area contributed by atoms with Gasteiger partial charge in [0.25, 0.3) is 5.96 Å². The van der Waals surface area contributed by atoms with Crippen molar-refractivity contribution in [3.05, 3.63) is 0 Å². The lowest BCUT2D eigenvalue weighted by Crippen LogP contribution is -3.99. The highest BCUT2D eigenvalue weighted by Crippen LogP contribution is 1.74. The third-order valence-electron chi connectivity index (χ3n) is 0.584. The molecule has 0 aliphatic rings. The van der Waals surface area contributed by atoms with Gasteiger partial charge >= 0.3 is 21.1 Å². The van der Waals surface area contributed by atoms with Gasteiger partial charge in [-0.15, -0.1) is 0 Å². The van der Waals surface area contributed by atoms with Crippen LogP contribution in [0.2, 0.25) is 0 Å². The Hall–Kier alpha value is -0.240. The van der Waals surface area contributed by atoms with Crippen LogP contribution < -0.4 is 45.5 Å². The van der Waals surface area contributed by atoms with E-state index in [0.717, 1.165) is 0 Å². The Morgan fingerprint density at radius 3 is 2.09 bits per heavy atom. The number of nitrogens with two attached hydrogens (primary N) is 3. The summed E-state index contributed by atoms with van der Waals surface area (Å²) >= 11 is -3.95. The molecule has 0 amide bonds. The minimum Gasteiger partial charge on any atom is -0.394 e. The van der Waals surface area contributed by atoms with Crippen molar-refractivity contribution in [2.45, 2.75) is 0 Å². The normalized spacial score (nSPS) is 10.0. The molecule has 0 atom stereocenters. The molecule has 0 unspecified atom stereocenters. The van der Waals surface area contributed by atoms with Crippen LogP contribution >= 0.6 is 0 Å². The fraction of sp³-hybridized carbons (Fsp3) is 0. The van der Waals surface area contributed by atoms with Gasteiger partial charge in [0.05, 0.1) is 0 Å². The summed E-state index contributed by atoms with van der Waals surface area (Å²) in [6.45, 7) is 0. The first kappa shape index (κ1) is 10.8. The van der Waals surface area contributed by atoms with Crippen molar-refractivity contribution < 1.29 is 31.1 Å². The SMILES string of the molecule is N=C(N(N)N)N(N)O[I+2]([O-])[O-]. The molecule has 0 aromatic carbocycles. The van der Waals surface area contributed by atoms with E-state index in [1.165, 1.54) is 0 Å². The number of nitrogens with zero attached hydrogens (tertiary/aromatic N) is 2. The quantitative estimate of drug-likeness (QED) is 0.127. The zero-order valence-corrected chi connectivity index (χ0v) is 7.39. The molecule has 0 rings (SSSR count). The second kappa shape index (κ2) is 4.60. The summed E-state index contributed by atoms with van der Waals surface area (Å²) in [5, 5.41) is 7.29. The molecule has 9 nitrogen and oxygen atoms in total. The fourth-order valence-electron chi connectivity index (χ4n) is 0.207. The maximum atomic E-state index is 9.92. The van der Waals surface area contributed by atoms with Gasteiger partial charge in [0.15, 0.2) is 0 Å². The van der Waals surface area contributed by atoms with Crippen LogP contribution in [0.3, 0.4) is 0 Å². The second-order valence-electron chi connectivity index (χ2n) is 1.31. The van der Waals surface area contributed by atoms with E-state index in [0.29, 0.717) is 5.12 Å². The van der Waals surface area contributed by atoms with Gasteiger partial charge in [-0.3, -0.25) is 5.41 Å². The Kier molecular flexibility index (Phi) is 4.50. The Morgan fingerprint density at radius 1 is 1.36 bits per heavy atom. The van der Waals surface area contributed by atoms with Crippen LogP contribution in [0.4, 0.5) is 0 Å². The number of hydrogen-bond acceptors (Lipinski definition) is 7. The predicted octanol–water partition coefficient (Wildman–Crippen LogP) is -7.83. The number of hydrogen-bond donors (Lipinski definition) is 4. The molecule has 0 heterocycles. The molecule has 0 aromatic rings. The summed E-state index contributed by atoms with van der Waals surface area (Å²) < 4.78 is 23.8. The molecule has 0 saturated heterocycles. The Bertz CT molecular complexity index is 138. The zero-order valence-electron chi connectivity index (χ0n) is 5.23. The number of hydroxylamine groups is 1. The Labute approximate surface area is 70.7 Å². The van der Waals surface area contributed by atoms with Crippen molar-refractivity contribution in [2.75, 3.05) is 0 Å². The minimum absolute atomic E-state index is 0.144. The first-order valence-electron chi connectivity index (χ1n) is 2.12. The molecule has 0 saturated carbocycles. The number of hydrazine groups is 3. The molecule has 0 fully saturated rings. The summed E-state index contributed by atoms with van der Waals surface area (Å²) in [4.78, 5) is 0. The number of nitrogens with one attached hydrogen (secondary N) is 1. The second-order valence-corrected chi connectivity index (χ2v) is 2.79. The summed E-state index contributed by atoms with van der Waals surface area (Å²) in [6.07, 6.45) is 0. The predicted molar refractivity (Wildman–Crippen MR) is 25.1 cm³/mol. The first-order valence-corrected chi connectivity index (χ1v) is 4.76. The van der Waals surface area contributed by atoms with E-state index < -0.39 is 27.0 Å². The Balaban J connectivity index is 3.83. The maximum absolute atomic E-state index is 9.92. The van der Waals surface area contributed by atoms with E-state index in [4.69, 9.17) is 22.9 Å². The average molecular weight is 278 g/mol. The van der Waals surface area contributed by atoms with E-state index in [-0.39, 0.29) is 5.17 Å². The van der Waals surface area contributed by atoms with Crippen LogP contribution in [0.15, 0.2) is 0 Å². The molecular formula is CH7IN6O3. The molecule has 11 heavy (non-hydrogen) atoms. The van der Waals surface area contributed by atoms with Crippen molar-refractivity contribution in [1.29, 1.82) is 5.41 Å². The van der Waals surface area contributed by atoms with Crippen LogP contribution in [0.5, 0.6) is 0 Å². The van der Waals surface area contributed by atoms with Crippen molar-refractivity contribution in [2.24, 2.45) is 17.5 Å². The van der Waals surface area contributed by atoms with E-state index in [2.05, 4.69) is 3.17 Å². The van der Waals surface area contributed by atoms with E-state index in [9.17, 15) is 6.87 Å². The standard InChI is InChI=1S/CH7IN6O3/c3-1(7(4)5)8(6)11-2(9)10/h3H,4-6H2. The lowest BCUT2D eigenvalue weighted by Gasteiger charge is -2.15. The highest BCUT2D eigenvalue weighted by molar-refractivity contribution is 5.73. The highest BCUT2D eigenvalue weighted by atomic mass is 127. The summed E-state index contributed by atoms with van der Waals surface area (Å²) in [5.74, 6) is 13.8. The van der Waals surface area contributed by atoms with Gasteiger partial charge in [0, 0.05) is 0 Å². The number of halogens is 1. The largest absolute Gasteiger partial charge is 0.542 e. The van der Waals surface area contributed by atoms with Crippen molar-refractivity contribution in [1.82, 2.24) is 10.3 Å². The fourth-order valence-corrected chi connectivity index (χ4v) is 0.740. The topological polar surface area (TPSA) is 164 Å². The molecule has 0 spiro atoms. The molecular weight excluding hydrogens is 271 g/mol. The van der Waals surface area contributed by atoms with Gasteiger partial charge in [0.1, 0.15) is 3.17 Å². The van der Waals surface area contributed by atoms with Crippen LogP contribution in [0, 0.1) is 5.41 Å². The molecule has 0 aromatic heterocycles. The third-order valence-corrected chi connectivity index (χ3v) is 1.33. The summed E-state index contributed by atoms with van der Waals surface area (Å²) in [6, 6.07) is 0. The number of guanidine groups is 1. The highest BCUT2D eigenvalue weighted by Gasteiger charge is 2.23. The van der Waals surface area contributed by atoms with Crippen LogP contribution in [0.25, 0.3) is 0 Å². The van der Waals surface area contributed by atoms with Crippen molar-refractivity contribution in [3.63, 3.8) is 0 Å². The van der Waals surface area contributed by atoms with Gasteiger partial charge in [-0.1, -0.05) is 5.17 Å². The lowest BCUT2D eigenvalue weighted by atomic mass is 11.0. The average Bonchev–Trinajstić information content (AvgIpc) is 1.84. The minimum atomic E-state index is -3.95. The number of rotatable bonds is 2. The van der Waals surface area contributed by atoms with Gasteiger partial charge in [0.2, 0.25) is 0 Å². The summed E-state index contributed by atoms with van der Waals surface area (Å²) in [7, 11) is 0. The molecule has 66 valence electrons. The molecule has 0 radical (unpaired) electrons. The molecule has 0 aliphatic carbocycles. The smallest absolute Gasteiger partial charge is 0.394 e. The van der Waals surface area contributed by atoms with Crippen LogP contribution in [0.1, 0.15) is 0 Å². The molecule has 10 heteroatoms. The maximum Gasteiger partial charge on any atom is 0.542 e. The van der Waals surface area contributed by atoms with Gasteiger partial charge in [-0.25, -0.2) is 22.6 Å².